The molecule has 1 N–H and O–H groups in total. The lowest BCUT2D eigenvalue weighted by molar-refractivity contribution is -0.125. The summed E-state index contributed by atoms with van der Waals surface area (Å²) in [7, 11) is 0. The van der Waals surface area contributed by atoms with Crippen molar-refractivity contribution in [1.29, 1.82) is 0 Å². The third-order valence-electron chi connectivity index (χ3n) is 6.58. The van der Waals surface area contributed by atoms with Crippen LogP contribution in [0.2, 0.25) is 10.0 Å². The van der Waals surface area contributed by atoms with Gasteiger partial charge in [0.15, 0.2) is 5.82 Å². The van der Waals surface area contributed by atoms with E-state index < -0.39 is 17.2 Å². The van der Waals surface area contributed by atoms with E-state index in [1.165, 1.54) is 41.2 Å². The van der Waals surface area contributed by atoms with Crippen molar-refractivity contribution in [3.63, 3.8) is 0 Å². The highest BCUT2D eigenvalue weighted by molar-refractivity contribution is 6.42. The van der Waals surface area contributed by atoms with Gasteiger partial charge in [-0.1, -0.05) is 29.3 Å². The summed E-state index contributed by atoms with van der Waals surface area (Å²) in [6.45, 7) is 2.10. The minimum Gasteiger partial charge on any atom is -0.373 e. The predicted molar refractivity (Wildman–Crippen MR) is 132 cm³/mol. The van der Waals surface area contributed by atoms with E-state index >= 15 is 8.78 Å². The normalized spacial score (nSPS) is 20.2. The van der Waals surface area contributed by atoms with Crippen LogP contribution < -0.4 is 10.9 Å². The highest BCUT2D eigenvalue weighted by Crippen LogP contribution is 2.43. The monoisotopic (exact) mass is 518 g/mol. The van der Waals surface area contributed by atoms with Gasteiger partial charge in [-0.15, -0.1) is 0 Å². The van der Waals surface area contributed by atoms with Crippen molar-refractivity contribution in [1.82, 2.24) is 14.5 Å². The largest absolute Gasteiger partial charge is 0.373 e. The van der Waals surface area contributed by atoms with Crippen LogP contribution in [0, 0.1) is 11.6 Å². The standard InChI is InChI=1S/C25H22Cl2F2N4O2/c1-2-3-20(34)32-9-8-25(12-32,21-18(28)7-6-17(26)22(21)27)31-14-10-16-23(19(29)11-14)30-13-33(24(16)35)15-4-5-15/h2-3,6-7,10-11,13,15,31H,4-5,8-9,12H2,1H3/b3-2+/t25-/m0/s1. The Morgan fingerprint density at radius 3 is 2.71 bits per heavy atom. The summed E-state index contributed by atoms with van der Waals surface area (Å²) in [5.41, 5.74) is -1.24. The molecule has 182 valence electrons. The zero-order chi connectivity index (χ0) is 24.9. The van der Waals surface area contributed by atoms with E-state index in [-0.39, 0.29) is 62.7 Å². The third-order valence-corrected chi connectivity index (χ3v) is 7.38. The zero-order valence-electron chi connectivity index (χ0n) is 18.8. The molecule has 2 heterocycles. The topological polar surface area (TPSA) is 67.2 Å². The molecule has 0 spiro atoms. The minimum absolute atomic E-state index is 0.0125. The number of halogens is 4. The lowest BCUT2D eigenvalue weighted by Gasteiger charge is -2.33. The number of carbonyl (C=O) groups excluding carboxylic acids is 1. The maximum absolute atomic E-state index is 15.2. The lowest BCUT2D eigenvalue weighted by atomic mass is 9.87. The average molecular weight is 519 g/mol. The van der Waals surface area contributed by atoms with Crippen LogP contribution in [-0.4, -0.2) is 33.4 Å². The first-order valence-corrected chi connectivity index (χ1v) is 12.0. The second-order valence-corrected chi connectivity index (χ2v) is 9.76. The van der Waals surface area contributed by atoms with Crippen LogP contribution in [0.25, 0.3) is 10.9 Å². The highest BCUT2D eigenvalue weighted by atomic mass is 35.5. The smallest absolute Gasteiger partial charge is 0.261 e. The number of aromatic nitrogens is 2. The molecule has 2 fully saturated rings. The summed E-state index contributed by atoms with van der Waals surface area (Å²) in [4.78, 5) is 31.3. The maximum Gasteiger partial charge on any atom is 0.261 e. The van der Waals surface area contributed by atoms with E-state index in [4.69, 9.17) is 23.2 Å². The molecule has 0 radical (unpaired) electrons. The Bertz CT molecular complexity index is 1440. The van der Waals surface area contributed by atoms with E-state index in [0.29, 0.717) is 6.54 Å². The molecule has 2 aliphatic rings. The summed E-state index contributed by atoms with van der Waals surface area (Å²) in [6.07, 6.45) is 6.46. The van der Waals surface area contributed by atoms with Gasteiger partial charge in [0.05, 0.1) is 27.3 Å². The number of allylic oxidation sites excluding steroid dienone is 1. The Kier molecular flexibility index (Phi) is 6.05. The van der Waals surface area contributed by atoms with E-state index in [9.17, 15) is 9.59 Å². The number of likely N-dealkylation sites (tertiary alicyclic amines) is 1. The number of nitrogens with zero attached hydrogens (tertiary/aromatic N) is 3. The summed E-state index contributed by atoms with van der Waals surface area (Å²) in [6, 6.07) is 5.37. The molecule has 10 heteroatoms. The maximum atomic E-state index is 15.2. The number of amides is 1. The molecule has 0 unspecified atom stereocenters. The molecule has 1 aliphatic heterocycles. The molecule has 1 amide bonds. The number of rotatable bonds is 5. The van der Waals surface area contributed by atoms with E-state index in [0.717, 1.165) is 12.8 Å². The quantitative estimate of drug-likeness (QED) is 0.361. The van der Waals surface area contributed by atoms with Crippen LogP contribution in [0.3, 0.4) is 0 Å². The third kappa shape index (κ3) is 4.19. The number of benzene rings is 2. The summed E-state index contributed by atoms with van der Waals surface area (Å²) in [5, 5.41) is 3.50. The van der Waals surface area contributed by atoms with Crippen molar-refractivity contribution in [3.8, 4) is 0 Å². The molecule has 0 bridgehead atoms. The Balaban J connectivity index is 1.64. The fourth-order valence-corrected chi connectivity index (χ4v) is 5.24. The van der Waals surface area contributed by atoms with Gasteiger partial charge >= 0.3 is 0 Å². The van der Waals surface area contributed by atoms with Crippen LogP contribution in [0.1, 0.15) is 37.8 Å². The Morgan fingerprint density at radius 2 is 2.00 bits per heavy atom. The molecule has 1 aromatic heterocycles. The van der Waals surface area contributed by atoms with Crippen LogP contribution in [0.5, 0.6) is 0 Å². The van der Waals surface area contributed by atoms with Crippen molar-refractivity contribution in [2.75, 3.05) is 18.4 Å². The first-order valence-electron chi connectivity index (χ1n) is 11.3. The fourth-order valence-electron chi connectivity index (χ4n) is 4.75. The number of hydrogen-bond donors (Lipinski definition) is 1. The van der Waals surface area contributed by atoms with E-state index in [1.54, 1.807) is 17.9 Å². The van der Waals surface area contributed by atoms with Crippen molar-refractivity contribution in [3.05, 3.63) is 80.3 Å². The van der Waals surface area contributed by atoms with Crippen molar-refractivity contribution >= 4 is 45.7 Å². The molecule has 2 aromatic carbocycles. The fraction of sp³-hybridized carbons (Fsp3) is 0.320. The molecule has 1 saturated carbocycles. The number of carbonyl (C=O) groups is 1. The lowest BCUT2D eigenvalue weighted by Crippen LogP contribution is -2.41. The molecule has 1 saturated heterocycles. The van der Waals surface area contributed by atoms with Crippen molar-refractivity contribution in [2.45, 2.75) is 37.8 Å². The van der Waals surface area contributed by atoms with Crippen molar-refractivity contribution < 1.29 is 13.6 Å². The van der Waals surface area contributed by atoms with Crippen LogP contribution >= 0.6 is 23.2 Å². The van der Waals surface area contributed by atoms with Gasteiger partial charge in [0.25, 0.3) is 5.56 Å². The molecule has 1 aliphatic carbocycles. The van der Waals surface area contributed by atoms with Crippen LogP contribution in [0.4, 0.5) is 14.5 Å². The van der Waals surface area contributed by atoms with Gasteiger partial charge in [-0.3, -0.25) is 14.2 Å². The molecule has 1 atom stereocenters. The summed E-state index contributed by atoms with van der Waals surface area (Å²) < 4.78 is 31.8. The number of fused-ring (bicyclic) bond motifs is 1. The van der Waals surface area contributed by atoms with Gasteiger partial charge in [-0.25, -0.2) is 13.8 Å². The van der Waals surface area contributed by atoms with Gasteiger partial charge in [0.1, 0.15) is 11.3 Å². The van der Waals surface area contributed by atoms with Crippen LogP contribution in [0.15, 0.2) is 47.5 Å². The second-order valence-electron chi connectivity index (χ2n) is 8.98. The number of hydrogen-bond acceptors (Lipinski definition) is 4. The van der Waals surface area contributed by atoms with Crippen molar-refractivity contribution in [2.24, 2.45) is 0 Å². The Morgan fingerprint density at radius 1 is 1.23 bits per heavy atom. The summed E-state index contributed by atoms with van der Waals surface area (Å²) in [5.74, 6) is -1.53. The molecule has 35 heavy (non-hydrogen) atoms. The van der Waals surface area contributed by atoms with E-state index in [1.807, 2.05) is 0 Å². The van der Waals surface area contributed by atoms with Crippen LogP contribution in [-0.2, 0) is 10.3 Å². The molecular weight excluding hydrogens is 497 g/mol. The average Bonchev–Trinajstić information content (AvgIpc) is 3.57. The zero-order valence-corrected chi connectivity index (χ0v) is 20.3. The Hall–Kier alpha value is -2.97. The molecule has 3 aromatic rings. The second kappa shape index (κ2) is 8.91. The SMILES string of the molecule is C/C=C/C(=O)N1CC[C@@](Nc2cc(F)c3ncn(C4CC4)c(=O)c3c2)(c2c(F)ccc(Cl)c2Cl)C1. The molecular formula is C25H22Cl2F2N4O2. The van der Waals surface area contributed by atoms with Gasteiger partial charge in [-0.05, 0) is 56.5 Å². The first kappa shape index (κ1) is 23.8. The van der Waals surface area contributed by atoms with Gasteiger partial charge in [-0.2, -0.15) is 0 Å². The minimum atomic E-state index is -1.21. The van der Waals surface area contributed by atoms with E-state index in [2.05, 4.69) is 10.3 Å². The Labute approximate surface area is 210 Å². The summed E-state index contributed by atoms with van der Waals surface area (Å²) >= 11 is 12.7. The molecule has 6 nitrogen and oxygen atoms in total. The predicted octanol–water partition coefficient (Wildman–Crippen LogP) is 5.43. The molecule has 5 rings (SSSR count). The first-order chi connectivity index (χ1) is 16.7. The number of nitrogens with one attached hydrogen (secondary N) is 1. The van der Waals surface area contributed by atoms with Gasteiger partial charge in [0.2, 0.25) is 5.91 Å². The van der Waals surface area contributed by atoms with Gasteiger partial charge in [0, 0.05) is 30.4 Å². The number of anilines is 1. The highest BCUT2D eigenvalue weighted by Gasteiger charge is 2.44. The van der Waals surface area contributed by atoms with Gasteiger partial charge < -0.3 is 10.2 Å².